The molecule has 0 spiro atoms. The molecule has 3 heterocycles. The highest BCUT2D eigenvalue weighted by Gasteiger charge is 2.31. The van der Waals surface area contributed by atoms with Crippen LogP contribution in [0.2, 0.25) is 0 Å². The average Bonchev–Trinajstić information content (AvgIpc) is 2.85. The van der Waals surface area contributed by atoms with Gasteiger partial charge in [-0.1, -0.05) is 0 Å². The van der Waals surface area contributed by atoms with Crippen LogP contribution in [-0.2, 0) is 4.79 Å². The standard InChI is InChI=1S/C18H14FN3O2S/c1-9-7-10(2)20-17-14(9)15-16(25-17)18(24)22(8-13(23)21-15)12-5-3-11(19)4-6-12/h3-7H,8H2,1-2H3,(H,21,23). The average molecular weight is 355 g/mol. The number of carbonyl (C=O) groups is 2. The molecule has 7 heteroatoms. The summed E-state index contributed by atoms with van der Waals surface area (Å²) < 4.78 is 13.2. The fraction of sp³-hybridized carbons (Fsp3) is 0.167. The highest BCUT2D eigenvalue weighted by molar-refractivity contribution is 7.21. The molecule has 0 unspecified atom stereocenters. The first-order valence-electron chi connectivity index (χ1n) is 7.72. The molecule has 2 aromatic heterocycles. The first-order chi connectivity index (χ1) is 11.9. The zero-order valence-corrected chi connectivity index (χ0v) is 14.4. The second-order valence-corrected chi connectivity index (χ2v) is 6.98. The van der Waals surface area contributed by atoms with Crippen molar-refractivity contribution in [3.63, 3.8) is 0 Å². The molecule has 3 aromatic rings. The number of nitrogens with one attached hydrogen (secondary N) is 1. The Hall–Kier alpha value is -2.80. The molecule has 0 bridgehead atoms. The van der Waals surface area contributed by atoms with Crippen LogP contribution in [0.4, 0.5) is 15.8 Å². The number of hydrogen-bond acceptors (Lipinski definition) is 4. The van der Waals surface area contributed by atoms with E-state index in [0.717, 1.165) is 21.5 Å². The monoisotopic (exact) mass is 355 g/mol. The van der Waals surface area contributed by atoms with Crippen LogP contribution in [0.5, 0.6) is 0 Å². The van der Waals surface area contributed by atoms with Gasteiger partial charge in [0.2, 0.25) is 5.91 Å². The van der Waals surface area contributed by atoms with Crippen LogP contribution in [0.1, 0.15) is 20.9 Å². The lowest BCUT2D eigenvalue weighted by Gasteiger charge is -2.19. The zero-order chi connectivity index (χ0) is 17.7. The van der Waals surface area contributed by atoms with Crippen molar-refractivity contribution < 1.29 is 14.0 Å². The smallest absolute Gasteiger partial charge is 0.271 e. The van der Waals surface area contributed by atoms with Gasteiger partial charge in [-0.15, -0.1) is 11.3 Å². The first-order valence-corrected chi connectivity index (χ1v) is 8.53. The third kappa shape index (κ3) is 2.56. The van der Waals surface area contributed by atoms with Crippen molar-refractivity contribution in [2.24, 2.45) is 0 Å². The van der Waals surface area contributed by atoms with E-state index in [0.29, 0.717) is 16.3 Å². The van der Waals surface area contributed by atoms with Crippen LogP contribution >= 0.6 is 11.3 Å². The Morgan fingerprint density at radius 1 is 1.20 bits per heavy atom. The molecule has 0 aliphatic carbocycles. The third-order valence-corrected chi connectivity index (χ3v) is 5.20. The van der Waals surface area contributed by atoms with Crippen LogP contribution in [-0.4, -0.2) is 23.3 Å². The minimum Gasteiger partial charge on any atom is -0.323 e. The minimum atomic E-state index is -0.395. The van der Waals surface area contributed by atoms with Crippen molar-refractivity contribution >= 4 is 44.7 Å². The van der Waals surface area contributed by atoms with E-state index < -0.39 is 5.82 Å². The topological polar surface area (TPSA) is 62.3 Å². The molecule has 126 valence electrons. The van der Waals surface area contributed by atoms with E-state index in [1.807, 2.05) is 19.9 Å². The summed E-state index contributed by atoms with van der Waals surface area (Å²) in [5.41, 5.74) is 2.82. The van der Waals surface area contributed by atoms with E-state index >= 15 is 0 Å². The molecule has 1 aromatic carbocycles. The van der Waals surface area contributed by atoms with Gasteiger partial charge < -0.3 is 5.32 Å². The molecular formula is C18H14FN3O2S. The predicted molar refractivity (Wildman–Crippen MR) is 95.8 cm³/mol. The summed E-state index contributed by atoms with van der Waals surface area (Å²) >= 11 is 1.26. The number of amides is 2. The molecule has 5 nitrogen and oxygen atoms in total. The Bertz CT molecular complexity index is 1030. The molecule has 1 N–H and O–H groups in total. The number of hydrogen-bond donors (Lipinski definition) is 1. The highest BCUT2D eigenvalue weighted by atomic mass is 32.1. The second-order valence-electron chi connectivity index (χ2n) is 5.98. The molecule has 0 saturated carbocycles. The van der Waals surface area contributed by atoms with Crippen LogP contribution in [0.15, 0.2) is 30.3 Å². The molecular weight excluding hydrogens is 341 g/mol. The number of halogens is 1. The van der Waals surface area contributed by atoms with Crippen molar-refractivity contribution in [1.82, 2.24) is 4.98 Å². The molecule has 0 radical (unpaired) electrons. The molecule has 25 heavy (non-hydrogen) atoms. The van der Waals surface area contributed by atoms with Crippen molar-refractivity contribution in [2.45, 2.75) is 13.8 Å². The van der Waals surface area contributed by atoms with Gasteiger partial charge in [0, 0.05) is 16.8 Å². The maximum absolute atomic E-state index is 13.2. The Balaban J connectivity index is 1.90. The fourth-order valence-corrected chi connectivity index (χ4v) is 4.26. The summed E-state index contributed by atoms with van der Waals surface area (Å²) in [6.45, 7) is 3.71. The Kier molecular flexibility index (Phi) is 3.54. The Labute approximate surface area is 147 Å². The SMILES string of the molecule is Cc1cc(C)c2c3c(sc2n1)C(=O)N(c1ccc(F)cc1)CC(=O)N3. The van der Waals surface area contributed by atoms with Crippen molar-refractivity contribution in [3.8, 4) is 0 Å². The number of benzene rings is 1. The molecule has 0 atom stereocenters. The first kappa shape index (κ1) is 15.7. The van der Waals surface area contributed by atoms with Gasteiger partial charge in [0.15, 0.2) is 0 Å². The van der Waals surface area contributed by atoms with Crippen LogP contribution in [0, 0.1) is 19.7 Å². The lowest BCUT2D eigenvalue weighted by Crippen LogP contribution is -2.34. The summed E-state index contributed by atoms with van der Waals surface area (Å²) in [6.07, 6.45) is 0. The summed E-state index contributed by atoms with van der Waals surface area (Å²) in [4.78, 5) is 32.4. The van der Waals surface area contributed by atoms with E-state index in [4.69, 9.17) is 0 Å². The highest BCUT2D eigenvalue weighted by Crippen LogP contribution is 2.39. The van der Waals surface area contributed by atoms with Gasteiger partial charge in [0.1, 0.15) is 22.1 Å². The number of carbonyl (C=O) groups excluding carboxylic acids is 2. The second kappa shape index (κ2) is 5.63. The van der Waals surface area contributed by atoms with Crippen molar-refractivity contribution in [3.05, 3.63) is 52.3 Å². The number of aromatic nitrogens is 1. The minimum absolute atomic E-state index is 0.119. The molecule has 0 saturated heterocycles. The maximum Gasteiger partial charge on any atom is 0.271 e. The van der Waals surface area contributed by atoms with Crippen LogP contribution < -0.4 is 10.2 Å². The largest absolute Gasteiger partial charge is 0.323 e. The van der Waals surface area contributed by atoms with Crippen LogP contribution in [0.3, 0.4) is 0 Å². The van der Waals surface area contributed by atoms with Gasteiger partial charge in [-0.2, -0.15) is 0 Å². The van der Waals surface area contributed by atoms with Gasteiger partial charge in [-0.25, -0.2) is 9.37 Å². The lowest BCUT2D eigenvalue weighted by atomic mass is 10.1. The molecule has 1 aliphatic rings. The van der Waals surface area contributed by atoms with E-state index in [9.17, 15) is 14.0 Å². The van der Waals surface area contributed by atoms with Gasteiger partial charge in [0.05, 0.1) is 5.69 Å². The number of anilines is 2. The summed E-state index contributed by atoms with van der Waals surface area (Å²) in [5.74, 6) is -0.982. The number of rotatable bonds is 1. The quantitative estimate of drug-likeness (QED) is 0.725. The van der Waals surface area contributed by atoms with Crippen molar-refractivity contribution in [2.75, 3.05) is 16.8 Å². The van der Waals surface area contributed by atoms with Crippen molar-refractivity contribution in [1.29, 1.82) is 0 Å². The van der Waals surface area contributed by atoms with E-state index in [1.165, 1.54) is 40.5 Å². The predicted octanol–water partition coefficient (Wildman–Crippen LogP) is 3.65. The number of thiophene rings is 1. The Morgan fingerprint density at radius 2 is 1.92 bits per heavy atom. The number of nitrogens with zero attached hydrogens (tertiary/aromatic N) is 2. The van der Waals surface area contributed by atoms with E-state index in [1.54, 1.807) is 0 Å². The summed E-state index contributed by atoms with van der Waals surface area (Å²) in [5, 5.41) is 3.64. The Morgan fingerprint density at radius 3 is 2.64 bits per heavy atom. The molecule has 4 rings (SSSR count). The van der Waals surface area contributed by atoms with E-state index in [-0.39, 0.29) is 18.4 Å². The fourth-order valence-electron chi connectivity index (χ4n) is 3.06. The summed E-state index contributed by atoms with van der Waals surface area (Å²) in [7, 11) is 0. The summed E-state index contributed by atoms with van der Waals surface area (Å²) in [6, 6.07) is 7.45. The number of fused-ring (bicyclic) bond motifs is 3. The van der Waals surface area contributed by atoms with Gasteiger partial charge in [-0.3, -0.25) is 14.5 Å². The maximum atomic E-state index is 13.2. The van der Waals surface area contributed by atoms with E-state index in [2.05, 4.69) is 10.3 Å². The molecule has 0 fully saturated rings. The lowest BCUT2D eigenvalue weighted by molar-refractivity contribution is -0.114. The third-order valence-electron chi connectivity index (χ3n) is 4.13. The normalized spacial score (nSPS) is 14.4. The van der Waals surface area contributed by atoms with Gasteiger partial charge >= 0.3 is 0 Å². The number of pyridine rings is 1. The number of aryl methyl sites for hydroxylation is 2. The van der Waals surface area contributed by atoms with Gasteiger partial charge in [-0.05, 0) is 49.7 Å². The molecule has 1 aliphatic heterocycles. The zero-order valence-electron chi connectivity index (χ0n) is 13.6. The van der Waals surface area contributed by atoms with Gasteiger partial charge in [0.25, 0.3) is 5.91 Å². The molecule has 2 amide bonds. The van der Waals surface area contributed by atoms with Crippen LogP contribution in [0.25, 0.3) is 10.2 Å².